The summed E-state index contributed by atoms with van der Waals surface area (Å²) in [6.45, 7) is 3.94. The van der Waals surface area contributed by atoms with Crippen molar-refractivity contribution in [2.24, 2.45) is 0 Å². The molecule has 0 aliphatic heterocycles. The second-order valence-electron chi connectivity index (χ2n) is 5.87. The van der Waals surface area contributed by atoms with E-state index in [1.54, 1.807) is 0 Å². The molecule has 0 bridgehead atoms. The Morgan fingerprint density at radius 3 is 1.59 bits per heavy atom. The summed E-state index contributed by atoms with van der Waals surface area (Å²) < 4.78 is 28.9. The van der Waals surface area contributed by atoms with E-state index in [0.717, 1.165) is 25.5 Å². The van der Waals surface area contributed by atoms with Gasteiger partial charge < -0.3 is 23.3 Å². The van der Waals surface area contributed by atoms with Crippen LogP contribution < -0.4 is 0 Å². The Balaban J connectivity index is -0.000000199. The highest BCUT2D eigenvalue weighted by Gasteiger charge is 2.25. The molecule has 0 atom stereocenters. The molecule has 34 heavy (non-hydrogen) atoms. The van der Waals surface area contributed by atoms with Gasteiger partial charge in [-0.05, 0) is 33.1 Å². The quantitative estimate of drug-likeness (QED) is 0.0753. The molecule has 0 aromatic heterocycles. The van der Waals surface area contributed by atoms with Crippen LogP contribution >= 0.6 is 7.60 Å². The minimum absolute atomic E-state index is 0. The van der Waals surface area contributed by atoms with Crippen molar-refractivity contribution < 1.29 is 37.5 Å². The molecule has 0 N–H and O–H groups in total. The SMILES string of the molecule is C.C/C=C/C=C\CC/C=C/C(=O)OC.C/C=C/C=C\CCC=O.COC(=O)CP(=O)(OC)OC. The van der Waals surface area contributed by atoms with Gasteiger partial charge in [0.25, 0.3) is 0 Å². The van der Waals surface area contributed by atoms with E-state index in [-0.39, 0.29) is 19.6 Å². The van der Waals surface area contributed by atoms with Crippen molar-refractivity contribution in [1.82, 2.24) is 0 Å². The maximum Gasteiger partial charge on any atom is 0.341 e. The predicted octanol–water partition coefficient (Wildman–Crippen LogP) is 6.01. The van der Waals surface area contributed by atoms with E-state index in [0.29, 0.717) is 6.42 Å². The first-order valence-corrected chi connectivity index (χ1v) is 12.0. The van der Waals surface area contributed by atoms with Gasteiger partial charge in [-0.15, -0.1) is 0 Å². The van der Waals surface area contributed by atoms with Crippen LogP contribution in [0.15, 0.2) is 60.8 Å². The standard InChI is InChI=1S/C11H16O2.C8H12O.C5H11O5P.CH4/c1-3-4-5-6-7-8-9-10-11(12)13-2;1-2-3-4-5-6-7-8-9;1-8-5(6)4-11(7,9-2)10-3;/h3-6,9-10H,7-8H2,1-2H3;2-5,8H,6-7H2,1H3;4H2,1-3H3;1H4/b4-3+,6-5-,10-9+;3-2+,5-4-;;. The highest BCUT2D eigenvalue weighted by molar-refractivity contribution is 7.54. The fraction of sp³-hybridized carbons (Fsp3) is 0.480. The summed E-state index contributed by atoms with van der Waals surface area (Å²) in [4.78, 5) is 31.0. The van der Waals surface area contributed by atoms with E-state index in [2.05, 4.69) is 24.6 Å². The number of allylic oxidation sites excluding steroid dienone is 9. The number of carbonyl (C=O) groups is 3. The molecule has 196 valence electrons. The normalized spacial score (nSPS) is 11.1. The van der Waals surface area contributed by atoms with E-state index >= 15 is 0 Å². The molecule has 0 aliphatic rings. The van der Waals surface area contributed by atoms with Gasteiger partial charge in [0.05, 0.1) is 14.2 Å². The van der Waals surface area contributed by atoms with Gasteiger partial charge in [0.1, 0.15) is 12.4 Å². The summed E-state index contributed by atoms with van der Waals surface area (Å²) in [5.74, 6) is -0.908. The molecular weight excluding hydrogens is 459 g/mol. The molecule has 0 saturated heterocycles. The van der Waals surface area contributed by atoms with Crippen molar-refractivity contribution in [2.75, 3.05) is 34.6 Å². The molecule has 0 heterocycles. The van der Waals surface area contributed by atoms with Crippen LogP contribution in [0.4, 0.5) is 0 Å². The molecule has 0 radical (unpaired) electrons. The Morgan fingerprint density at radius 1 is 0.735 bits per heavy atom. The van der Waals surface area contributed by atoms with Crippen molar-refractivity contribution in [3.8, 4) is 0 Å². The Morgan fingerprint density at radius 2 is 1.21 bits per heavy atom. The van der Waals surface area contributed by atoms with Gasteiger partial charge in [-0.2, -0.15) is 0 Å². The van der Waals surface area contributed by atoms with E-state index in [4.69, 9.17) is 0 Å². The van der Waals surface area contributed by atoms with Gasteiger partial charge in [-0.25, -0.2) is 4.79 Å². The fourth-order valence-electron chi connectivity index (χ4n) is 1.60. The van der Waals surface area contributed by atoms with Crippen molar-refractivity contribution in [3.05, 3.63) is 60.8 Å². The zero-order chi connectivity index (χ0) is 25.8. The lowest BCUT2D eigenvalue weighted by molar-refractivity contribution is -0.138. The summed E-state index contributed by atoms with van der Waals surface area (Å²) in [6, 6.07) is 0. The molecule has 8 nitrogen and oxygen atoms in total. The number of rotatable bonds is 13. The van der Waals surface area contributed by atoms with Crippen LogP contribution in [0.25, 0.3) is 0 Å². The Bertz CT molecular complexity index is 683. The first kappa shape index (κ1) is 38.7. The van der Waals surface area contributed by atoms with Gasteiger partial charge in [0, 0.05) is 26.7 Å². The minimum atomic E-state index is -3.23. The molecule has 0 aliphatic carbocycles. The number of hydrogen-bond donors (Lipinski definition) is 0. The summed E-state index contributed by atoms with van der Waals surface area (Å²) in [6.07, 6.45) is 23.0. The molecule has 0 unspecified atom stereocenters. The Kier molecular flexibility index (Phi) is 34.7. The van der Waals surface area contributed by atoms with Gasteiger partial charge >= 0.3 is 19.5 Å². The van der Waals surface area contributed by atoms with Gasteiger partial charge in [0.15, 0.2) is 0 Å². The average Bonchev–Trinajstić information content (AvgIpc) is 2.83. The van der Waals surface area contributed by atoms with Crippen LogP contribution in [0, 0.1) is 0 Å². The van der Waals surface area contributed by atoms with E-state index < -0.39 is 13.6 Å². The second-order valence-corrected chi connectivity index (χ2v) is 8.13. The molecule has 0 aromatic rings. The number of methoxy groups -OCH3 is 2. The highest BCUT2D eigenvalue weighted by Crippen LogP contribution is 2.45. The molecule has 9 heteroatoms. The average molecular weight is 503 g/mol. The highest BCUT2D eigenvalue weighted by atomic mass is 31.2. The van der Waals surface area contributed by atoms with Crippen LogP contribution in [0.5, 0.6) is 0 Å². The molecule has 0 rings (SSSR count). The first-order chi connectivity index (χ1) is 15.8. The zero-order valence-electron chi connectivity index (χ0n) is 20.6. The summed E-state index contributed by atoms with van der Waals surface area (Å²) in [5, 5.41) is 0. The van der Waals surface area contributed by atoms with E-state index in [9.17, 15) is 18.9 Å². The first-order valence-electron chi connectivity index (χ1n) is 10.3. The van der Waals surface area contributed by atoms with Crippen LogP contribution in [-0.2, 0) is 37.5 Å². The summed E-state index contributed by atoms with van der Waals surface area (Å²) in [5.41, 5.74) is 0. The minimum Gasteiger partial charge on any atom is -0.469 e. The second kappa shape index (κ2) is 30.5. The third-order valence-corrected chi connectivity index (χ3v) is 5.15. The predicted molar refractivity (Wildman–Crippen MR) is 139 cm³/mol. The molecule has 0 spiro atoms. The largest absolute Gasteiger partial charge is 0.469 e. The van der Waals surface area contributed by atoms with Crippen molar-refractivity contribution in [1.29, 1.82) is 0 Å². The summed E-state index contributed by atoms with van der Waals surface area (Å²) >= 11 is 0. The van der Waals surface area contributed by atoms with Crippen molar-refractivity contribution in [3.63, 3.8) is 0 Å². The monoisotopic (exact) mass is 502 g/mol. The number of carbonyl (C=O) groups excluding carboxylic acids is 3. The molecular formula is C25H43O8P. The van der Waals surface area contributed by atoms with Crippen LogP contribution in [0.3, 0.4) is 0 Å². The van der Waals surface area contributed by atoms with Gasteiger partial charge in [-0.3, -0.25) is 9.36 Å². The van der Waals surface area contributed by atoms with Crippen LogP contribution in [0.1, 0.15) is 47.0 Å². The topological polar surface area (TPSA) is 105 Å². The molecule has 0 amide bonds. The Hall–Kier alpha value is -2.54. The molecule has 0 fully saturated rings. The van der Waals surface area contributed by atoms with Crippen molar-refractivity contribution in [2.45, 2.75) is 47.0 Å². The summed E-state index contributed by atoms with van der Waals surface area (Å²) in [7, 11) is 1.78. The fourth-order valence-corrected chi connectivity index (χ4v) is 2.46. The number of unbranched alkanes of at least 4 members (excludes halogenated alkanes) is 2. The lowest BCUT2D eigenvalue weighted by Gasteiger charge is -2.10. The lowest BCUT2D eigenvalue weighted by atomic mass is 10.2. The number of hydrogen-bond acceptors (Lipinski definition) is 8. The van der Waals surface area contributed by atoms with Gasteiger partial charge in [0.2, 0.25) is 0 Å². The smallest absolute Gasteiger partial charge is 0.341 e. The van der Waals surface area contributed by atoms with Gasteiger partial charge in [-0.1, -0.05) is 62.1 Å². The third kappa shape index (κ3) is 31.6. The zero-order valence-corrected chi connectivity index (χ0v) is 21.5. The third-order valence-electron chi connectivity index (χ3n) is 3.39. The van der Waals surface area contributed by atoms with E-state index in [1.165, 1.54) is 34.5 Å². The molecule has 0 aromatic carbocycles. The van der Waals surface area contributed by atoms with Crippen molar-refractivity contribution >= 4 is 25.8 Å². The maximum absolute atomic E-state index is 11.2. The Labute approximate surface area is 205 Å². The van der Waals surface area contributed by atoms with Crippen LogP contribution in [0.2, 0.25) is 0 Å². The molecule has 0 saturated carbocycles. The maximum atomic E-state index is 11.2. The lowest BCUT2D eigenvalue weighted by Crippen LogP contribution is -2.08. The van der Waals surface area contributed by atoms with Crippen LogP contribution in [-0.4, -0.2) is 52.8 Å². The number of aldehydes is 1. The number of esters is 2. The van der Waals surface area contributed by atoms with E-state index in [1.807, 2.05) is 62.5 Å². The number of ether oxygens (including phenoxy) is 2.